The third kappa shape index (κ3) is 4.19. The fraction of sp³-hybridized carbons (Fsp3) is 0.588. The van der Waals surface area contributed by atoms with E-state index in [0.717, 1.165) is 25.9 Å². The zero-order valence-electron chi connectivity index (χ0n) is 15.3. The average molecular weight is 351 g/mol. The maximum absolute atomic E-state index is 12.6. The van der Waals surface area contributed by atoms with Crippen LogP contribution < -0.4 is 19.9 Å². The molecule has 1 aromatic rings. The number of nitro groups is 1. The Morgan fingerprint density at radius 3 is 2.76 bits per heavy atom. The summed E-state index contributed by atoms with van der Waals surface area (Å²) < 4.78 is 5.29. The van der Waals surface area contributed by atoms with E-state index < -0.39 is 4.92 Å². The molecule has 0 saturated carbocycles. The van der Waals surface area contributed by atoms with Crippen molar-refractivity contribution in [3.8, 4) is 5.75 Å². The Labute approximate surface area is 147 Å². The summed E-state index contributed by atoms with van der Waals surface area (Å²) in [5.41, 5.74) is 0.476. The van der Waals surface area contributed by atoms with E-state index in [-0.39, 0.29) is 17.2 Å². The highest BCUT2D eigenvalue weighted by molar-refractivity contribution is 5.98. The maximum atomic E-state index is 12.6. The highest BCUT2D eigenvalue weighted by Gasteiger charge is 2.28. The fourth-order valence-corrected chi connectivity index (χ4v) is 3.42. The molecule has 0 bridgehead atoms. The van der Waals surface area contributed by atoms with Crippen molar-refractivity contribution in [3.63, 3.8) is 0 Å². The molecule has 8 heteroatoms. The minimum absolute atomic E-state index is 0.113. The van der Waals surface area contributed by atoms with E-state index in [1.165, 1.54) is 24.1 Å². The number of anilines is 1. The number of hydrogen-bond acceptors (Lipinski definition) is 5. The zero-order chi connectivity index (χ0) is 18.6. The number of carbonyl (C=O) groups is 1. The molecule has 1 aromatic carbocycles. The van der Waals surface area contributed by atoms with Crippen molar-refractivity contribution in [2.24, 2.45) is 0 Å². The second-order valence-corrected chi connectivity index (χ2v) is 6.50. The number of amides is 1. The third-order valence-electron chi connectivity index (χ3n) is 4.81. The van der Waals surface area contributed by atoms with Gasteiger partial charge in [0.05, 0.1) is 37.2 Å². The van der Waals surface area contributed by atoms with Crippen molar-refractivity contribution in [3.05, 3.63) is 27.8 Å². The van der Waals surface area contributed by atoms with Crippen LogP contribution in [0.5, 0.6) is 5.75 Å². The first-order valence-corrected chi connectivity index (χ1v) is 8.55. The molecule has 1 aliphatic rings. The van der Waals surface area contributed by atoms with E-state index in [1.807, 2.05) is 0 Å². The van der Waals surface area contributed by atoms with Crippen LogP contribution in [0, 0.1) is 10.1 Å². The summed E-state index contributed by atoms with van der Waals surface area (Å²) in [6.07, 6.45) is 2.25. The summed E-state index contributed by atoms with van der Waals surface area (Å²) in [4.78, 5) is 26.6. The lowest BCUT2D eigenvalue weighted by Gasteiger charge is -2.20. The van der Waals surface area contributed by atoms with Gasteiger partial charge in [-0.15, -0.1) is 0 Å². The average Bonchev–Trinajstić information content (AvgIpc) is 3.05. The molecule has 0 aromatic heterocycles. The van der Waals surface area contributed by atoms with Crippen molar-refractivity contribution < 1.29 is 19.4 Å². The van der Waals surface area contributed by atoms with E-state index >= 15 is 0 Å². The molecule has 1 unspecified atom stereocenters. The van der Waals surface area contributed by atoms with Gasteiger partial charge in [0.25, 0.3) is 11.6 Å². The Morgan fingerprint density at radius 2 is 2.20 bits per heavy atom. The van der Waals surface area contributed by atoms with E-state index in [1.54, 1.807) is 19.0 Å². The molecule has 1 saturated heterocycles. The number of benzene rings is 1. The van der Waals surface area contributed by atoms with Gasteiger partial charge < -0.3 is 19.9 Å². The highest BCUT2D eigenvalue weighted by atomic mass is 16.6. The van der Waals surface area contributed by atoms with Gasteiger partial charge in [0, 0.05) is 39.1 Å². The number of likely N-dealkylation sites (N-methyl/N-ethyl adjacent to an activating group) is 1. The van der Waals surface area contributed by atoms with E-state index in [4.69, 9.17) is 4.74 Å². The highest BCUT2D eigenvalue weighted by Crippen LogP contribution is 2.34. The molecule has 2 N–H and O–H groups in total. The van der Waals surface area contributed by atoms with Gasteiger partial charge in [-0.1, -0.05) is 0 Å². The molecule has 2 atom stereocenters. The number of rotatable bonds is 7. The second-order valence-electron chi connectivity index (χ2n) is 6.50. The SMILES string of the molecule is CC[NH+]1CCC[C@H]1CNC(=O)c1cc([N+](=O)[O-])c(N(C)C)cc1OC. The number of carbonyl (C=O) groups excluding carboxylic acids is 1. The van der Waals surface area contributed by atoms with Crippen LogP contribution >= 0.6 is 0 Å². The summed E-state index contributed by atoms with van der Waals surface area (Å²) in [5, 5.41) is 14.3. The largest absolute Gasteiger partial charge is 0.496 e. The number of quaternary nitrogens is 1. The van der Waals surface area contributed by atoms with Crippen molar-refractivity contribution in [1.82, 2.24) is 5.32 Å². The standard InChI is InChI=1S/C17H26N4O4/c1-5-20-8-6-7-12(20)11-18-17(22)13-9-15(21(23)24)14(19(2)3)10-16(13)25-4/h9-10,12H,5-8,11H2,1-4H3,(H,18,22)/p+1/t12-/m0/s1. The Bertz CT molecular complexity index is 648. The smallest absolute Gasteiger partial charge is 0.293 e. The lowest BCUT2D eigenvalue weighted by Crippen LogP contribution is -3.14. The van der Waals surface area contributed by atoms with Gasteiger partial charge in [0.15, 0.2) is 0 Å². The van der Waals surface area contributed by atoms with Crippen LogP contribution in [-0.2, 0) is 0 Å². The number of nitrogens with zero attached hydrogens (tertiary/aromatic N) is 2. The maximum Gasteiger partial charge on any atom is 0.293 e. The minimum atomic E-state index is -0.481. The number of nitrogens with one attached hydrogen (secondary N) is 2. The monoisotopic (exact) mass is 351 g/mol. The fourth-order valence-electron chi connectivity index (χ4n) is 3.42. The van der Waals surface area contributed by atoms with Gasteiger partial charge in [-0.25, -0.2) is 0 Å². The molecule has 1 heterocycles. The van der Waals surface area contributed by atoms with Crippen LogP contribution in [0.4, 0.5) is 11.4 Å². The van der Waals surface area contributed by atoms with Crippen molar-refractivity contribution in [1.29, 1.82) is 0 Å². The number of nitro benzene ring substituents is 1. The van der Waals surface area contributed by atoms with Crippen molar-refractivity contribution >= 4 is 17.3 Å². The number of methoxy groups -OCH3 is 1. The first-order chi connectivity index (χ1) is 11.9. The summed E-state index contributed by atoms with van der Waals surface area (Å²) in [7, 11) is 4.88. The molecule has 138 valence electrons. The second kappa shape index (κ2) is 8.15. The quantitative estimate of drug-likeness (QED) is 0.550. The van der Waals surface area contributed by atoms with Crippen molar-refractivity contribution in [2.75, 3.05) is 45.7 Å². The molecule has 2 rings (SSSR count). The summed E-state index contributed by atoms with van der Waals surface area (Å²) in [6.45, 7) is 4.87. The van der Waals surface area contributed by atoms with Gasteiger partial charge in [-0.05, 0) is 6.92 Å². The summed E-state index contributed by atoms with van der Waals surface area (Å²) in [6, 6.07) is 3.23. The van der Waals surface area contributed by atoms with Crippen LogP contribution in [0.25, 0.3) is 0 Å². The van der Waals surface area contributed by atoms with Gasteiger partial charge in [-0.2, -0.15) is 0 Å². The molecule has 1 amide bonds. The van der Waals surface area contributed by atoms with Crippen molar-refractivity contribution in [2.45, 2.75) is 25.8 Å². The molecule has 0 aliphatic carbocycles. The Morgan fingerprint density at radius 1 is 1.48 bits per heavy atom. The molecular formula is C17H27N4O4+. The van der Waals surface area contributed by atoms with Gasteiger partial charge in [0.2, 0.25) is 0 Å². The van der Waals surface area contributed by atoms with Crippen LogP contribution in [0.1, 0.15) is 30.1 Å². The molecule has 0 radical (unpaired) electrons. The van der Waals surface area contributed by atoms with E-state index in [9.17, 15) is 14.9 Å². The zero-order valence-corrected chi connectivity index (χ0v) is 15.3. The number of ether oxygens (including phenoxy) is 1. The minimum Gasteiger partial charge on any atom is -0.496 e. The first-order valence-electron chi connectivity index (χ1n) is 8.55. The number of hydrogen-bond donors (Lipinski definition) is 2. The predicted octanol–water partition coefficient (Wildman–Crippen LogP) is 0.466. The van der Waals surface area contributed by atoms with Crippen LogP contribution in [0.3, 0.4) is 0 Å². The first kappa shape index (κ1) is 19.0. The van der Waals surface area contributed by atoms with E-state index in [2.05, 4.69) is 12.2 Å². The summed E-state index contributed by atoms with van der Waals surface area (Å²) >= 11 is 0. The lowest BCUT2D eigenvalue weighted by atomic mass is 10.1. The van der Waals surface area contributed by atoms with Crippen LogP contribution in [0.2, 0.25) is 0 Å². The molecule has 1 fully saturated rings. The lowest BCUT2D eigenvalue weighted by molar-refractivity contribution is -0.909. The molecule has 0 spiro atoms. The predicted molar refractivity (Wildman–Crippen MR) is 95.7 cm³/mol. The summed E-state index contributed by atoms with van der Waals surface area (Å²) in [5.74, 6) is -0.00877. The topological polar surface area (TPSA) is 89.1 Å². The van der Waals surface area contributed by atoms with Gasteiger partial charge in [0.1, 0.15) is 17.5 Å². The van der Waals surface area contributed by atoms with Crippen LogP contribution in [-0.4, -0.2) is 57.7 Å². The molecule has 25 heavy (non-hydrogen) atoms. The molecular weight excluding hydrogens is 324 g/mol. The normalized spacial score (nSPS) is 19.5. The molecule has 8 nitrogen and oxygen atoms in total. The van der Waals surface area contributed by atoms with Crippen LogP contribution in [0.15, 0.2) is 12.1 Å². The third-order valence-corrected chi connectivity index (χ3v) is 4.81. The molecule has 1 aliphatic heterocycles. The van der Waals surface area contributed by atoms with E-state index in [0.29, 0.717) is 24.0 Å². The van der Waals surface area contributed by atoms with Gasteiger partial charge in [-0.3, -0.25) is 14.9 Å². The Balaban J connectivity index is 2.23. The number of likely N-dealkylation sites (tertiary alicyclic amines) is 1. The Hall–Kier alpha value is -2.35. The Kier molecular flexibility index (Phi) is 6.19. The van der Waals surface area contributed by atoms with Gasteiger partial charge >= 0.3 is 0 Å².